The predicted octanol–water partition coefficient (Wildman–Crippen LogP) is 0.308. The molecule has 2 aliphatic carbocycles. The van der Waals surface area contributed by atoms with Crippen molar-refractivity contribution in [1.82, 2.24) is 13.3 Å². The van der Waals surface area contributed by atoms with E-state index in [1.54, 1.807) is 0 Å². The maximum absolute atomic E-state index is 15.8. The highest BCUT2D eigenvalue weighted by Crippen LogP contribution is 2.48. The van der Waals surface area contributed by atoms with Crippen molar-refractivity contribution in [2.24, 2.45) is 17.8 Å². The quantitative estimate of drug-likeness (QED) is 0.484. The van der Waals surface area contributed by atoms with Gasteiger partial charge in [0.1, 0.15) is 6.17 Å². The molecule has 7 atom stereocenters. The van der Waals surface area contributed by atoms with Crippen molar-refractivity contribution in [1.29, 1.82) is 0 Å². The molecule has 0 bridgehead atoms. The Labute approximate surface area is 206 Å². The summed E-state index contributed by atoms with van der Waals surface area (Å²) >= 11 is 0. The number of amides is 1. The smallest absolute Gasteiger partial charge is 0.304 e. The van der Waals surface area contributed by atoms with Crippen LogP contribution in [0.15, 0.2) is 11.6 Å². The molecule has 3 heterocycles. The second-order valence-corrected chi connectivity index (χ2v) is 14.2. The molecule has 198 valence electrons. The van der Waals surface area contributed by atoms with Gasteiger partial charge in [-0.2, -0.15) is 17.0 Å². The van der Waals surface area contributed by atoms with Gasteiger partial charge in [-0.3, -0.25) is 4.79 Å². The van der Waals surface area contributed by atoms with Gasteiger partial charge in [0.15, 0.2) is 0 Å². The maximum atomic E-state index is 15.8. The summed E-state index contributed by atoms with van der Waals surface area (Å²) in [6, 6.07) is -1.30. The normalized spacial score (nSPS) is 40.8. The zero-order chi connectivity index (χ0) is 25.0. The summed E-state index contributed by atoms with van der Waals surface area (Å²) in [4.78, 5) is 11.7. The lowest BCUT2D eigenvalue weighted by molar-refractivity contribution is -0.119. The molecule has 1 amide bonds. The second kappa shape index (κ2) is 9.64. The van der Waals surface area contributed by atoms with E-state index in [2.05, 4.69) is 0 Å². The largest absolute Gasteiger partial charge is 0.391 e. The van der Waals surface area contributed by atoms with Gasteiger partial charge >= 0.3 is 10.2 Å². The van der Waals surface area contributed by atoms with Crippen LogP contribution in [-0.2, 0) is 29.8 Å². The number of hydrogen-bond donors (Lipinski definition) is 2. The molecule has 5 aliphatic rings. The van der Waals surface area contributed by atoms with Crippen LogP contribution in [0.1, 0.15) is 44.9 Å². The highest BCUT2D eigenvalue weighted by atomic mass is 32.2. The van der Waals surface area contributed by atoms with E-state index in [1.165, 1.54) is 4.31 Å². The molecule has 13 heteroatoms. The van der Waals surface area contributed by atoms with Crippen molar-refractivity contribution in [2.45, 2.75) is 69.4 Å². The fourth-order valence-electron chi connectivity index (χ4n) is 6.62. The molecular weight excluding hydrogens is 501 g/mol. The number of rotatable bonds is 5. The minimum absolute atomic E-state index is 0.00599. The zero-order valence-electron chi connectivity index (χ0n) is 19.6. The lowest BCUT2D eigenvalue weighted by Crippen LogP contribution is -2.58. The van der Waals surface area contributed by atoms with E-state index in [4.69, 9.17) is 4.74 Å². The number of hydrogen-bond acceptors (Lipinski definition) is 7. The van der Waals surface area contributed by atoms with E-state index in [9.17, 15) is 26.7 Å². The third kappa shape index (κ3) is 5.04. The van der Waals surface area contributed by atoms with Gasteiger partial charge in [-0.1, -0.05) is 11.6 Å². The Kier molecular flexibility index (Phi) is 7.03. The average Bonchev–Trinajstić information content (AvgIpc) is 3.39. The summed E-state index contributed by atoms with van der Waals surface area (Å²) in [5.74, 6) is -1.29. The summed E-state index contributed by atoms with van der Waals surface area (Å²) < 4.78 is 76.0. The minimum Gasteiger partial charge on any atom is -0.391 e. The molecule has 7 unspecified atom stereocenters. The first-order valence-electron chi connectivity index (χ1n) is 12.5. The first kappa shape index (κ1) is 25.5. The lowest BCUT2D eigenvalue weighted by Gasteiger charge is -2.48. The number of ether oxygens (including phenoxy) is 1. The Morgan fingerprint density at radius 1 is 1.17 bits per heavy atom. The second-order valence-electron chi connectivity index (χ2n) is 10.6. The maximum Gasteiger partial charge on any atom is 0.304 e. The Hall–Kier alpha value is -1.12. The van der Waals surface area contributed by atoms with E-state index in [0.29, 0.717) is 32.5 Å². The number of alkyl halides is 1. The number of halogens is 1. The van der Waals surface area contributed by atoms with Crippen LogP contribution in [0.3, 0.4) is 0 Å². The number of sulfonamides is 1. The van der Waals surface area contributed by atoms with Gasteiger partial charge in [-0.25, -0.2) is 17.5 Å². The first-order valence-corrected chi connectivity index (χ1v) is 15.5. The summed E-state index contributed by atoms with van der Waals surface area (Å²) in [5, 5.41) is 10.6. The van der Waals surface area contributed by atoms with Gasteiger partial charge in [-0.05, 0) is 62.7 Å². The first-order chi connectivity index (χ1) is 16.5. The molecule has 2 N–H and O–H groups in total. The fourth-order valence-corrected chi connectivity index (χ4v) is 9.54. The van der Waals surface area contributed by atoms with Crippen LogP contribution in [0.25, 0.3) is 0 Å². The predicted molar refractivity (Wildman–Crippen MR) is 124 cm³/mol. The highest BCUT2D eigenvalue weighted by Gasteiger charge is 2.54. The molecule has 2 saturated heterocycles. The van der Waals surface area contributed by atoms with Crippen LogP contribution in [0.5, 0.6) is 0 Å². The topological polar surface area (TPSA) is 133 Å². The van der Waals surface area contributed by atoms with E-state index in [-0.39, 0.29) is 30.1 Å². The number of nitrogens with one attached hydrogen (secondary N) is 1. The number of nitrogens with zero attached hydrogens (tertiary/aromatic N) is 2. The van der Waals surface area contributed by atoms with Gasteiger partial charge < -0.3 is 9.84 Å². The average molecular weight is 536 g/mol. The van der Waals surface area contributed by atoms with E-state index in [1.807, 2.05) is 10.8 Å². The van der Waals surface area contributed by atoms with E-state index < -0.39 is 56.9 Å². The van der Waals surface area contributed by atoms with Gasteiger partial charge in [0.25, 0.3) is 0 Å². The monoisotopic (exact) mass is 535 g/mol. The summed E-state index contributed by atoms with van der Waals surface area (Å²) in [6.45, 7) is 0.694. The molecule has 10 nitrogen and oxygen atoms in total. The fraction of sp³-hybridized carbons (Fsp3) is 0.864. The molecular formula is C22H34FN3O7S2. The van der Waals surface area contributed by atoms with Crippen LogP contribution >= 0.6 is 0 Å². The minimum atomic E-state index is -4.17. The van der Waals surface area contributed by atoms with Gasteiger partial charge in [-0.15, -0.1) is 0 Å². The van der Waals surface area contributed by atoms with E-state index >= 15 is 4.39 Å². The highest BCUT2D eigenvalue weighted by molar-refractivity contribution is 7.89. The van der Waals surface area contributed by atoms with E-state index in [0.717, 1.165) is 35.6 Å². The molecule has 0 aromatic carbocycles. The molecule has 0 aromatic rings. The number of aliphatic hydroxyl groups excluding tert-OH is 1. The van der Waals surface area contributed by atoms with Crippen molar-refractivity contribution in [3.63, 3.8) is 0 Å². The standard InChI is InChI=1S/C22H34FN3O7S2/c23-21-18-9-14(16-6-7-25(11-16)34(29,30)13-17-3-1-2-8-33-17)4-5-15(18)10-19(27)22(21)26-12-20(28)24-35(26,31)32/h6,14-15,17-19,21-22,27H,1-5,7-13H2,(H,24,28). The number of carbonyl (C=O) groups is 1. The summed E-state index contributed by atoms with van der Waals surface area (Å²) in [6.07, 6.45) is 3.75. The van der Waals surface area contributed by atoms with Crippen molar-refractivity contribution < 1.29 is 35.9 Å². The molecule has 0 aromatic heterocycles. The number of aliphatic hydroxyl groups is 1. The molecule has 0 radical (unpaired) electrons. The Morgan fingerprint density at radius 3 is 2.66 bits per heavy atom. The van der Waals surface area contributed by atoms with Crippen LogP contribution in [0, 0.1) is 17.8 Å². The SMILES string of the molecule is O=C1CN(C2C(O)CC3CCC(C4=CCN(S(=O)(=O)CC5CCCCO5)C4)CC3C2F)S(=O)(=O)N1. The Balaban J connectivity index is 1.24. The van der Waals surface area contributed by atoms with Crippen LogP contribution in [-0.4, -0.2) is 92.9 Å². The molecule has 2 saturated carbocycles. The van der Waals surface area contributed by atoms with Crippen LogP contribution in [0.4, 0.5) is 4.39 Å². The number of fused-ring (bicyclic) bond motifs is 1. The molecule has 5 rings (SSSR count). The van der Waals surface area contributed by atoms with Gasteiger partial charge in [0, 0.05) is 19.7 Å². The third-order valence-electron chi connectivity index (χ3n) is 8.41. The van der Waals surface area contributed by atoms with Crippen LogP contribution < -0.4 is 4.72 Å². The molecule has 0 spiro atoms. The molecule has 3 aliphatic heterocycles. The third-order valence-corrected chi connectivity index (χ3v) is 11.7. The van der Waals surface area contributed by atoms with Crippen molar-refractivity contribution in [3.05, 3.63) is 11.6 Å². The zero-order valence-corrected chi connectivity index (χ0v) is 21.2. The summed E-state index contributed by atoms with van der Waals surface area (Å²) in [7, 11) is -7.64. The lowest BCUT2D eigenvalue weighted by atomic mass is 9.63. The van der Waals surface area contributed by atoms with Crippen molar-refractivity contribution in [2.75, 3.05) is 32.0 Å². The Morgan fingerprint density at radius 2 is 1.97 bits per heavy atom. The summed E-state index contributed by atoms with van der Waals surface area (Å²) in [5.41, 5.74) is 0.983. The van der Waals surface area contributed by atoms with Crippen LogP contribution in [0.2, 0.25) is 0 Å². The number of carbonyl (C=O) groups excluding carboxylic acids is 1. The van der Waals surface area contributed by atoms with Crippen molar-refractivity contribution >= 4 is 26.1 Å². The van der Waals surface area contributed by atoms with Crippen molar-refractivity contribution in [3.8, 4) is 0 Å². The Bertz CT molecular complexity index is 1080. The molecule has 4 fully saturated rings. The van der Waals surface area contributed by atoms with Gasteiger partial charge in [0.2, 0.25) is 15.9 Å². The van der Waals surface area contributed by atoms with Gasteiger partial charge in [0.05, 0.1) is 30.5 Å². The molecule has 35 heavy (non-hydrogen) atoms.